The third-order valence-electron chi connectivity index (χ3n) is 5.80. The van der Waals surface area contributed by atoms with Crippen LogP contribution in [0.25, 0.3) is 0 Å². The molecule has 158 valence electrons. The lowest BCUT2D eigenvalue weighted by molar-refractivity contribution is -0.396. The summed E-state index contributed by atoms with van der Waals surface area (Å²) in [7, 11) is 0. The molecule has 4 nitrogen and oxygen atoms in total. The summed E-state index contributed by atoms with van der Waals surface area (Å²) in [6.07, 6.45) is 2.16. The zero-order valence-electron chi connectivity index (χ0n) is 17.1. The van der Waals surface area contributed by atoms with Crippen LogP contribution in [0.5, 0.6) is 0 Å². The maximum Gasteiger partial charge on any atom is 0.409 e. The second-order valence-electron chi connectivity index (χ2n) is 8.65. The Morgan fingerprint density at radius 1 is 1.04 bits per heavy atom. The summed E-state index contributed by atoms with van der Waals surface area (Å²) in [5, 5.41) is 0.953. The second-order valence-corrected chi connectivity index (χ2v) is 8.65. The highest BCUT2D eigenvalue weighted by Crippen LogP contribution is 2.63. The average Bonchev–Trinajstić information content (AvgIpc) is 2.78. The first-order valence-electron chi connectivity index (χ1n) is 10.3. The van der Waals surface area contributed by atoms with Crippen LogP contribution in [0, 0.1) is 0 Å². The van der Waals surface area contributed by atoms with Gasteiger partial charge in [-0.15, -0.1) is 0 Å². The number of hydrogen-bond acceptors (Lipinski definition) is 4. The molecule has 0 aliphatic carbocycles. The Morgan fingerprint density at radius 2 is 1.63 bits per heavy atom. The van der Waals surface area contributed by atoms with Crippen LogP contribution in [0.4, 0.5) is 13.2 Å². The second kappa shape index (κ2) is 8.27. The summed E-state index contributed by atoms with van der Waals surface area (Å²) in [5.41, 5.74) is -4.22. The van der Waals surface area contributed by atoms with Gasteiger partial charge in [0.05, 0.1) is 12.2 Å². The van der Waals surface area contributed by atoms with Gasteiger partial charge in [0.1, 0.15) is 11.1 Å². The molecule has 2 aliphatic rings. The molecule has 0 saturated carbocycles. The molecular formula is C20H34F3NO3. The van der Waals surface area contributed by atoms with Gasteiger partial charge in [-0.2, -0.15) is 18.2 Å². The molecular weight excluding hydrogens is 359 g/mol. The average molecular weight is 393 g/mol. The maximum atomic E-state index is 14.1. The lowest BCUT2D eigenvalue weighted by Crippen LogP contribution is -2.78. The molecule has 0 radical (unpaired) electrons. The molecule has 0 aromatic heterocycles. The molecule has 0 N–H and O–H groups in total. The van der Waals surface area contributed by atoms with Crippen molar-refractivity contribution in [1.82, 2.24) is 5.06 Å². The standard InChI is InChI=1S/C20H34F3NO3/c1-5-7-8-9-10-11-12-13-19(20(21,22)23)15-18(16(25)26-6-2)14-17(3,4)27-24(18)19/h5-15H2,1-4H3/t18-,19-/m1/s1. The minimum Gasteiger partial charge on any atom is -0.465 e. The van der Waals surface area contributed by atoms with Crippen LogP contribution in [0.3, 0.4) is 0 Å². The Bertz CT molecular complexity index is 523. The monoisotopic (exact) mass is 393 g/mol. The van der Waals surface area contributed by atoms with Crippen molar-refractivity contribution in [3.63, 3.8) is 0 Å². The molecule has 2 rings (SSSR count). The third kappa shape index (κ3) is 4.29. The lowest BCUT2D eigenvalue weighted by Gasteiger charge is -2.59. The smallest absolute Gasteiger partial charge is 0.409 e. The van der Waals surface area contributed by atoms with Gasteiger partial charge in [-0.1, -0.05) is 51.9 Å². The van der Waals surface area contributed by atoms with Crippen LogP contribution in [-0.2, 0) is 14.4 Å². The van der Waals surface area contributed by atoms with Crippen molar-refractivity contribution in [3.05, 3.63) is 0 Å². The van der Waals surface area contributed by atoms with Crippen LogP contribution >= 0.6 is 0 Å². The Hall–Kier alpha value is -0.820. The van der Waals surface area contributed by atoms with E-state index in [1.807, 2.05) is 0 Å². The topological polar surface area (TPSA) is 38.8 Å². The fourth-order valence-electron chi connectivity index (χ4n) is 4.65. The van der Waals surface area contributed by atoms with Crippen LogP contribution in [0.1, 0.15) is 91.9 Å². The number of hydrogen-bond donors (Lipinski definition) is 0. The summed E-state index contributed by atoms with van der Waals surface area (Å²) >= 11 is 0. The van der Waals surface area contributed by atoms with Crippen molar-refractivity contribution < 1.29 is 27.5 Å². The predicted molar refractivity (Wildman–Crippen MR) is 97.0 cm³/mol. The van der Waals surface area contributed by atoms with Gasteiger partial charge in [0.2, 0.25) is 0 Å². The zero-order chi connectivity index (χ0) is 20.3. The van der Waals surface area contributed by atoms with Crippen molar-refractivity contribution in [1.29, 1.82) is 0 Å². The predicted octanol–water partition coefficient (Wildman–Crippen LogP) is 5.55. The van der Waals surface area contributed by atoms with E-state index in [-0.39, 0.29) is 25.9 Å². The van der Waals surface area contributed by atoms with Crippen molar-refractivity contribution in [2.45, 2.75) is 115 Å². The number of alkyl halides is 3. The van der Waals surface area contributed by atoms with Crippen LogP contribution < -0.4 is 0 Å². The zero-order valence-corrected chi connectivity index (χ0v) is 17.1. The Labute approximate surface area is 160 Å². The molecule has 2 aliphatic heterocycles. The Morgan fingerprint density at radius 3 is 2.19 bits per heavy atom. The summed E-state index contributed by atoms with van der Waals surface area (Å²) in [5.74, 6) is -0.602. The molecule has 2 heterocycles. The highest BCUT2D eigenvalue weighted by molar-refractivity contribution is 5.83. The van der Waals surface area contributed by atoms with E-state index < -0.39 is 28.8 Å². The Kier molecular flexibility index (Phi) is 6.89. The number of unbranched alkanes of at least 4 members (excludes halogenated alkanes) is 6. The van der Waals surface area contributed by atoms with Gasteiger partial charge in [-0.25, -0.2) is 4.79 Å². The van der Waals surface area contributed by atoms with Crippen LogP contribution in [0.2, 0.25) is 0 Å². The fourth-order valence-corrected chi connectivity index (χ4v) is 4.65. The maximum absolute atomic E-state index is 14.1. The summed E-state index contributed by atoms with van der Waals surface area (Å²) in [6, 6.07) is 0. The highest BCUT2D eigenvalue weighted by atomic mass is 19.4. The van der Waals surface area contributed by atoms with Gasteiger partial charge in [-0.05, 0) is 27.2 Å². The largest absolute Gasteiger partial charge is 0.465 e. The first-order valence-corrected chi connectivity index (χ1v) is 10.3. The minimum atomic E-state index is -4.45. The number of rotatable bonds is 10. The number of esters is 1. The molecule has 0 unspecified atom stereocenters. The van der Waals surface area contributed by atoms with Gasteiger partial charge < -0.3 is 4.74 Å². The Balaban J connectivity index is 2.07. The SMILES string of the molecule is CCCCCCCCC[C@]1(C(F)(F)F)C[C@@]2(C(=O)OCC)CC(C)(C)ON21. The van der Waals surface area contributed by atoms with E-state index in [4.69, 9.17) is 9.57 Å². The molecule has 2 atom stereocenters. The van der Waals surface area contributed by atoms with Crippen molar-refractivity contribution >= 4 is 5.97 Å². The summed E-state index contributed by atoms with van der Waals surface area (Å²) < 4.78 is 47.3. The number of hydroxylamine groups is 2. The molecule has 0 amide bonds. The highest BCUT2D eigenvalue weighted by Gasteiger charge is 2.80. The quantitative estimate of drug-likeness (QED) is 0.360. The number of carbonyl (C=O) groups excluding carboxylic acids is 1. The third-order valence-corrected chi connectivity index (χ3v) is 5.80. The molecule has 7 heteroatoms. The van der Waals surface area contributed by atoms with E-state index in [2.05, 4.69) is 6.92 Å². The normalized spacial score (nSPS) is 30.0. The van der Waals surface area contributed by atoms with E-state index in [1.54, 1.807) is 20.8 Å². The van der Waals surface area contributed by atoms with Crippen molar-refractivity contribution in [3.8, 4) is 0 Å². The number of nitrogens with zero attached hydrogens (tertiary/aromatic N) is 1. The van der Waals surface area contributed by atoms with E-state index in [1.165, 1.54) is 6.42 Å². The molecule has 2 fully saturated rings. The van der Waals surface area contributed by atoms with Crippen LogP contribution in [-0.4, -0.2) is 40.5 Å². The van der Waals surface area contributed by atoms with E-state index in [0.29, 0.717) is 6.42 Å². The number of ether oxygens (including phenoxy) is 1. The van der Waals surface area contributed by atoms with Crippen molar-refractivity contribution in [2.75, 3.05) is 6.61 Å². The molecule has 0 aromatic rings. The number of halogens is 3. The number of fused-ring (bicyclic) bond motifs is 1. The molecule has 2 saturated heterocycles. The molecule has 27 heavy (non-hydrogen) atoms. The van der Waals surface area contributed by atoms with E-state index >= 15 is 0 Å². The summed E-state index contributed by atoms with van der Waals surface area (Å²) in [4.78, 5) is 18.2. The minimum absolute atomic E-state index is 0.0402. The molecule has 0 aromatic carbocycles. The summed E-state index contributed by atoms with van der Waals surface area (Å²) in [6.45, 7) is 7.39. The number of carbonyl (C=O) groups is 1. The van der Waals surface area contributed by atoms with Crippen molar-refractivity contribution in [2.24, 2.45) is 0 Å². The van der Waals surface area contributed by atoms with E-state index in [0.717, 1.165) is 37.2 Å². The molecule has 0 bridgehead atoms. The first-order chi connectivity index (χ1) is 12.5. The van der Waals surface area contributed by atoms with Gasteiger partial charge in [-0.3, -0.25) is 4.84 Å². The first kappa shape index (κ1) is 22.5. The lowest BCUT2D eigenvalue weighted by atomic mass is 9.65. The molecule has 0 spiro atoms. The van der Waals surface area contributed by atoms with Gasteiger partial charge in [0.25, 0.3) is 0 Å². The van der Waals surface area contributed by atoms with Gasteiger partial charge in [0, 0.05) is 12.8 Å². The fraction of sp³-hybridized carbons (Fsp3) is 0.950. The van der Waals surface area contributed by atoms with E-state index in [9.17, 15) is 18.0 Å². The van der Waals surface area contributed by atoms with Gasteiger partial charge in [0.15, 0.2) is 0 Å². The van der Waals surface area contributed by atoms with Crippen LogP contribution in [0.15, 0.2) is 0 Å². The van der Waals surface area contributed by atoms with Gasteiger partial charge >= 0.3 is 12.1 Å².